The van der Waals surface area contributed by atoms with E-state index in [0.29, 0.717) is 5.69 Å². The van der Waals surface area contributed by atoms with Crippen LogP contribution in [-0.2, 0) is 19.7 Å². The Morgan fingerprint density at radius 2 is 1.65 bits per heavy atom. The van der Waals surface area contributed by atoms with E-state index in [1.54, 1.807) is 5.32 Å². The molecule has 0 fully saturated rings. The molecule has 0 saturated carbocycles. The fraction of sp³-hybridized carbons (Fsp3) is 0.222. The molecule has 0 aliphatic rings. The van der Waals surface area contributed by atoms with Crippen LogP contribution < -0.4 is 14.8 Å². The van der Waals surface area contributed by atoms with Crippen molar-refractivity contribution >= 4 is 44.9 Å². The van der Waals surface area contributed by atoms with E-state index in [-0.39, 0.29) is 24.3 Å². The van der Waals surface area contributed by atoms with Gasteiger partial charge in [0.1, 0.15) is 10.6 Å². The van der Waals surface area contributed by atoms with Crippen LogP contribution in [0.1, 0.15) is 13.8 Å². The van der Waals surface area contributed by atoms with Crippen LogP contribution in [-0.4, -0.2) is 37.1 Å². The lowest BCUT2D eigenvalue weighted by Gasteiger charge is -2.25. The van der Waals surface area contributed by atoms with E-state index in [4.69, 9.17) is 15.8 Å². The Bertz CT molecular complexity index is 1100. The van der Waals surface area contributed by atoms with E-state index in [2.05, 4.69) is 5.32 Å². The van der Waals surface area contributed by atoms with Crippen molar-refractivity contribution in [2.45, 2.75) is 30.5 Å². The van der Waals surface area contributed by atoms with Crippen LogP contribution in [0.25, 0.3) is 0 Å². The highest BCUT2D eigenvalue weighted by Crippen LogP contribution is 2.33. The van der Waals surface area contributed by atoms with Gasteiger partial charge in [0.25, 0.3) is 5.91 Å². The molecule has 13 heteroatoms. The van der Waals surface area contributed by atoms with E-state index in [0.717, 1.165) is 18.2 Å². The van der Waals surface area contributed by atoms with Crippen LogP contribution in [0.5, 0.6) is 5.75 Å². The molecule has 0 heterocycles. The van der Waals surface area contributed by atoms with Crippen molar-refractivity contribution in [3.05, 3.63) is 47.5 Å². The molecule has 0 radical (unpaired) electrons. The Hall–Kier alpha value is -2.83. The van der Waals surface area contributed by atoms with Crippen LogP contribution in [0.3, 0.4) is 0 Å². The van der Waals surface area contributed by atoms with Gasteiger partial charge in [0.15, 0.2) is 0 Å². The predicted molar refractivity (Wildman–Crippen MR) is 105 cm³/mol. The van der Waals surface area contributed by atoms with Crippen LogP contribution in [0, 0.1) is 0 Å². The minimum Gasteiger partial charge on any atom is -0.379 e. The van der Waals surface area contributed by atoms with Gasteiger partial charge in [-0.1, -0.05) is 11.6 Å². The van der Waals surface area contributed by atoms with Crippen LogP contribution in [0.2, 0.25) is 5.02 Å². The average molecular weight is 481 g/mol. The average Bonchev–Trinajstić information content (AvgIpc) is 2.63. The molecule has 2 aromatic rings. The topological polar surface area (TPSA) is 122 Å². The second-order valence-electron chi connectivity index (χ2n) is 6.41. The Balaban J connectivity index is 2.19. The van der Waals surface area contributed by atoms with Gasteiger partial charge in [-0.25, -0.2) is 0 Å². The summed E-state index contributed by atoms with van der Waals surface area (Å²) in [6, 6.07) is 8.15. The van der Waals surface area contributed by atoms with Gasteiger partial charge in [-0.15, -0.1) is 0 Å². The van der Waals surface area contributed by atoms with Gasteiger partial charge in [0.2, 0.25) is 11.5 Å². The third-order valence-corrected chi connectivity index (χ3v) is 5.41. The SMILES string of the molecule is CC(=O)Nc1ccc(OS(=O)(=O)c2ccc(NC(=O)C(C)(O)C(F)(F)F)c(Cl)c2)cc1. The molecule has 0 saturated heterocycles. The third-order valence-electron chi connectivity index (χ3n) is 3.85. The molecule has 8 nitrogen and oxygen atoms in total. The minimum absolute atomic E-state index is 0.0798. The molecule has 2 amide bonds. The van der Waals surface area contributed by atoms with Crippen molar-refractivity contribution in [3.8, 4) is 5.75 Å². The molecule has 2 aromatic carbocycles. The van der Waals surface area contributed by atoms with Crippen LogP contribution in [0.15, 0.2) is 47.4 Å². The van der Waals surface area contributed by atoms with Gasteiger partial charge in [-0.2, -0.15) is 21.6 Å². The minimum atomic E-state index is -5.24. The first kappa shape index (κ1) is 24.4. The maximum atomic E-state index is 12.7. The second kappa shape index (κ2) is 8.73. The van der Waals surface area contributed by atoms with Crippen LogP contribution >= 0.6 is 11.6 Å². The second-order valence-corrected chi connectivity index (χ2v) is 8.36. The number of halogens is 4. The number of anilines is 2. The number of aliphatic hydroxyl groups is 1. The first-order chi connectivity index (χ1) is 14.1. The molecule has 3 N–H and O–H groups in total. The highest BCUT2D eigenvalue weighted by molar-refractivity contribution is 7.87. The normalized spacial score (nSPS) is 13.8. The predicted octanol–water partition coefficient (Wildman–Crippen LogP) is 3.32. The lowest BCUT2D eigenvalue weighted by atomic mass is 10.1. The number of alkyl halides is 3. The number of nitrogens with one attached hydrogen (secondary N) is 2. The summed E-state index contributed by atoms with van der Waals surface area (Å²) in [6.45, 7) is 1.56. The van der Waals surface area contributed by atoms with Crippen molar-refractivity contribution < 1.29 is 40.5 Å². The van der Waals surface area contributed by atoms with Crippen LogP contribution in [0.4, 0.5) is 24.5 Å². The van der Waals surface area contributed by atoms with E-state index < -0.39 is 37.7 Å². The summed E-state index contributed by atoms with van der Waals surface area (Å²) in [5.41, 5.74) is -3.63. The monoisotopic (exact) mass is 480 g/mol. The molecular formula is C18H16ClF3N2O6S. The quantitative estimate of drug-likeness (QED) is 0.545. The molecule has 1 unspecified atom stereocenters. The number of hydrogen-bond donors (Lipinski definition) is 3. The summed E-state index contributed by atoms with van der Waals surface area (Å²) in [6.07, 6.45) is -5.24. The Labute approximate surface area is 180 Å². The highest BCUT2D eigenvalue weighted by Gasteiger charge is 2.55. The summed E-state index contributed by atoms with van der Waals surface area (Å²) in [4.78, 5) is 22.3. The Morgan fingerprint density at radius 1 is 1.06 bits per heavy atom. The summed E-state index contributed by atoms with van der Waals surface area (Å²) in [5.74, 6) is -2.20. The van der Waals surface area contributed by atoms with Crippen molar-refractivity contribution in [3.63, 3.8) is 0 Å². The largest absolute Gasteiger partial charge is 0.426 e. The first-order valence-corrected chi connectivity index (χ1v) is 10.1. The number of rotatable bonds is 6. The maximum Gasteiger partial charge on any atom is 0.426 e. The Kier molecular flexibility index (Phi) is 6.88. The van der Waals surface area contributed by atoms with E-state index >= 15 is 0 Å². The van der Waals surface area contributed by atoms with Gasteiger partial charge in [0.05, 0.1) is 10.7 Å². The molecule has 1 atom stereocenters. The summed E-state index contributed by atoms with van der Waals surface area (Å²) < 4.78 is 68.0. The standard InChI is InChI=1S/C18H16ClF3N2O6S/c1-10(25)23-11-3-5-12(6-4-11)30-31(28,29)13-7-8-15(14(19)9-13)24-16(26)17(2,27)18(20,21)22/h3-9,27H,1-2H3,(H,23,25)(H,24,26). The number of carbonyl (C=O) groups excluding carboxylic acids is 2. The highest BCUT2D eigenvalue weighted by atomic mass is 35.5. The molecule has 0 spiro atoms. The first-order valence-electron chi connectivity index (χ1n) is 8.36. The van der Waals surface area contributed by atoms with E-state index in [9.17, 15) is 36.3 Å². The van der Waals surface area contributed by atoms with Gasteiger partial charge in [-0.05, 0) is 49.4 Å². The number of amides is 2. The van der Waals surface area contributed by atoms with Crippen molar-refractivity contribution in [1.29, 1.82) is 0 Å². The third kappa shape index (κ3) is 5.87. The number of carbonyl (C=O) groups is 2. The van der Waals surface area contributed by atoms with Gasteiger partial charge in [0, 0.05) is 12.6 Å². The molecule has 0 bridgehead atoms. The lowest BCUT2D eigenvalue weighted by Crippen LogP contribution is -2.52. The summed E-state index contributed by atoms with van der Waals surface area (Å²) in [5, 5.41) is 13.3. The van der Waals surface area contributed by atoms with Crippen molar-refractivity contribution in [2.24, 2.45) is 0 Å². The molecular weight excluding hydrogens is 465 g/mol. The number of hydrogen-bond acceptors (Lipinski definition) is 6. The zero-order valence-corrected chi connectivity index (χ0v) is 17.5. The molecule has 0 aromatic heterocycles. The summed E-state index contributed by atoms with van der Waals surface area (Å²) >= 11 is 5.88. The lowest BCUT2D eigenvalue weighted by molar-refractivity contribution is -0.242. The molecule has 0 aliphatic heterocycles. The molecule has 168 valence electrons. The fourth-order valence-corrected chi connectivity index (χ4v) is 3.35. The van der Waals surface area contributed by atoms with Crippen molar-refractivity contribution in [1.82, 2.24) is 0 Å². The van der Waals surface area contributed by atoms with E-state index in [1.165, 1.54) is 31.2 Å². The Morgan fingerprint density at radius 3 is 2.13 bits per heavy atom. The maximum absolute atomic E-state index is 12.7. The zero-order chi connectivity index (χ0) is 23.6. The van der Waals surface area contributed by atoms with Crippen molar-refractivity contribution in [2.75, 3.05) is 10.6 Å². The fourth-order valence-electron chi connectivity index (χ4n) is 2.10. The number of benzene rings is 2. The van der Waals surface area contributed by atoms with Gasteiger partial charge >= 0.3 is 16.3 Å². The van der Waals surface area contributed by atoms with E-state index in [1.807, 2.05) is 0 Å². The van der Waals surface area contributed by atoms with Gasteiger partial charge in [-0.3, -0.25) is 9.59 Å². The van der Waals surface area contributed by atoms with Gasteiger partial charge < -0.3 is 19.9 Å². The molecule has 2 rings (SSSR count). The molecule has 0 aliphatic carbocycles. The molecule has 31 heavy (non-hydrogen) atoms. The summed E-state index contributed by atoms with van der Waals surface area (Å²) in [7, 11) is -4.38. The smallest absolute Gasteiger partial charge is 0.379 e. The zero-order valence-electron chi connectivity index (χ0n) is 16.0.